The summed E-state index contributed by atoms with van der Waals surface area (Å²) in [6, 6.07) is -1.99. The Labute approximate surface area is 198 Å². The number of nitrogens with zero attached hydrogens (tertiary/aromatic N) is 1. The smallest absolute Gasteiger partial charge is 0.206 e. The minimum absolute atomic E-state index is 0.450. The molecule has 0 bridgehead atoms. The lowest BCUT2D eigenvalue weighted by Gasteiger charge is -2.17. The second-order valence-electron chi connectivity index (χ2n) is 6.83. The number of hydrogen-bond donors (Lipinski definition) is 1. The Hall–Kier alpha value is -3.05. The Balaban J connectivity index is 2.79. The quantitative estimate of drug-likeness (QED) is 0.484. The molecule has 1 N–H and O–H groups in total. The van der Waals surface area contributed by atoms with Crippen LogP contribution < -0.4 is 4.13 Å². The van der Waals surface area contributed by atoms with Crippen molar-refractivity contribution >= 4 is 20.0 Å². The van der Waals surface area contributed by atoms with Gasteiger partial charge in [-0.15, -0.1) is 4.13 Å². The number of nitrogens with one attached hydrogen (secondary N) is 1. The van der Waals surface area contributed by atoms with Gasteiger partial charge in [0.25, 0.3) is 20.0 Å². The third-order valence-electron chi connectivity index (χ3n) is 4.24. The van der Waals surface area contributed by atoms with Gasteiger partial charge in [-0.2, -0.15) is 57.9 Å². The molecule has 0 unspecified atom stereocenters. The predicted octanol–water partition coefficient (Wildman–Crippen LogP) is 5.30. The van der Waals surface area contributed by atoms with E-state index in [2.05, 4.69) is 0 Å². The fourth-order valence-electron chi connectivity index (χ4n) is 2.66. The van der Waals surface area contributed by atoms with E-state index in [-0.39, 0.29) is 0 Å². The van der Waals surface area contributed by atoms with E-state index in [0.29, 0.717) is 10.2 Å². The fraction of sp³-hybridized carbons (Fsp3) is 0.235. The summed E-state index contributed by atoms with van der Waals surface area (Å²) in [5.74, 6) is 0. The highest BCUT2D eigenvalue weighted by Gasteiger charge is 2.44. The Morgan fingerprint density at radius 1 is 0.568 bits per heavy atom. The molecule has 0 saturated carbocycles. The number of nitriles is 1. The van der Waals surface area contributed by atoms with Crippen LogP contribution in [0.1, 0.15) is 27.8 Å². The summed E-state index contributed by atoms with van der Waals surface area (Å²) >= 11 is 0. The van der Waals surface area contributed by atoms with Crippen molar-refractivity contribution in [1.29, 1.82) is 5.26 Å². The molecule has 0 amide bonds. The van der Waals surface area contributed by atoms with E-state index >= 15 is 0 Å². The molecular weight excluding hydrogens is 588 g/mol. The van der Waals surface area contributed by atoms with Gasteiger partial charge in [0.2, 0.25) is 0 Å². The second-order valence-corrected chi connectivity index (χ2v) is 10.5. The van der Waals surface area contributed by atoms with Gasteiger partial charge in [0.05, 0.1) is 37.6 Å². The molecule has 2 aromatic carbocycles. The van der Waals surface area contributed by atoms with Crippen molar-refractivity contribution in [2.45, 2.75) is 34.5 Å². The molecule has 6 nitrogen and oxygen atoms in total. The average Bonchev–Trinajstić information content (AvgIpc) is 2.69. The minimum Gasteiger partial charge on any atom is -0.206 e. The Kier molecular flexibility index (Phi) is 7.38. The highest BCUT2D eigenvalue weighted by atomic mass is 32.3. The SMILES string of the molecule is N#Cc1c(C(F)(F)F)cc(S(=O)(=O)NS(=O)(=O)c2cc(C(F)(F)F)cc(C(F)(F)F)c2)cc1C(F)(F)F. The third-order valence-corrected chi connectivity index (χ3v) is 7.70. The van der Waals surface area contributed by atoms with Crippen molar-refractivity contribution in [3.63, 3.8) is 0 Å². The van der Waals surface area contributed by atoms with Gasteiger partial charge in [0, 0.05) is 0 Å². The second kappa shape index (κ2) is 9.05. The lowest BCUT2D eigenvalue weighted by molar-refractivity contribution is -0.145. The van der Waals surface area contributed by atoms with Gasteiger partial charge in [-0.25, -0.2) is 16.8 Å². The lowest BCUT2D eigenvalue weighted by Crippen LogP contribution is -2.32. The molecule has 0 aliphatic heterocycles. The van der Waals surface area contributed by atoms with Gasteiger partial charge >= 0.3 is 24.7 Å². The van der Waals surface area contributed by atoms with Gasteiger partial charge in [-0.3, -0.25) is 0 Å². The van der Waals surface area contributed by atoms with Crippen LogP contribution in [0.2, 0.25) is 0 Å². The van der Waals surface area contributed by atoms with Crippen LogP contribution in [-0.4, -0.2) is 16.8 Å². The monoisotopic (exact) mass is 594 g/mol. The number of alkyl halides is 12. The Morgan fingerprint density at radius 2 is 0.892 bits per heavy atom. The molecule has 0 fully saturated rings. The van der Waals surface area contributed by atoms with Crippen molar-refractivity contribution in [1.82, 2.24) is 4.13 Å². The molecule has 0 spiro atoms. The zero-order chi connectivity index (χ0) is 29.0. The molecular formula is C17H6F12N2O4S2. The minimum atomic E-state index is -6.06. The molecule has 0 aromatic heterocycles. The third kappa shape index (κ3) is 6.64. The van der Waals surface area contributed by atoms with Crippen LogP contribution in [0.5, 0.6) is 0 Å². The standard InChI is InChI=1S/C17H6F12N2O4S2/c18-14(19,20)7-1-8(15(21,22)23)3-9(2-7)36(32,33)31-37(34,35)10-4-12(16(24,25)26)11(6-30)13(5-10)17(27,28)29/h1-5,31H. The molecule has 0 saturated heterocycles. The van der Waals surface area contributed by atoms with Crippen LogP contribution in [0.4, 0.5) is 52.7 Å². The molecule has 0 radical (unpaired) electrons. The first-order valence-corrected chi connectivity index (χ1v) is 11.6. The molecule has 20 heteroatoms. The lowest BCUT2D eigenvalue weighted by atomic mass is 10.0. The highest BCUT2D eigenvalue weighted by Crippen LogP contribution is 2.41. The van der Waals surface area contributed by atoms with Crippen molar-refractivity contribution in [3.8, 4) is 6.07 Å². The first kappa shape index (κ1) is 30.2. The molecule has 2 rings (SSSR count). The number of hydrogen-bond acceptors (Lipinski definition) is 5. The maximum absolute atomic E-state index is 13.2. The summed E-state index contributed by atoms with van der Waals surface area (Å²) < 4.78 is 207. The first-order valence-electron chi connectivity index (χ1n) is 8.61. The fourth-order valence-corrected chi connectivity index (χ4v) is 5.70. The maximum Gasteiger partial charge on any atom is 0.417 e. The number of halogens is 12. The summed E-state index contributed by atoms with van der Waals surface area (Å²) in [5, 5.41) is 8.74. The zero-order valence-corrected chi connectivity index (χ0v) is 18.5. The van der Waals surface area contributed by atoms with Gasteiger partial charge < -0.3 is 0 Å². The van der Waals surface area contributed by atoms with Gasteiger partial charge in [-0.1, -0.05) is 0 Å². The molecule has 2 aromatic rings. The summed E-state index contributed by atoms with van der Waals surface area (Å²) in [5.41, 5.74) is -11.5. The Bertz CT molecular complexity index is 1410. The molecule has 0 aliphatic rings. The summed E-state index contributed by atoms with van der Waals surface area (Å²) in [6.07, 6.45) is -22.8. The summed E-state index contributed by atoms with van der Waals surface area (Å²) in [7, 11) is -12.1. The number of benzene rings is 2. The summed E-state index contributed by atoms with van der Waals surface area (Å²) in [4.78, 5) is -4.06. The van der Waals surface area contributed by atoms with E-state index in [1.54, 1.807) is 0 Å². The zero-order valence-electron chi connectivity index (χ0n) is 16.8. The molecule has 37 heavy (non-hydrogen) atoms. The van der Waals surface area contributed by atoms with Crippen LogP contribution in [0.3, 0.4) is 0 Å². The molecule has 0 aliphatic carbocycles. The van der Waals surface area contributed by atoms with E-state index in [1.807, 2.05) is 0 Å². The van der Waals surface area contributed by atoms with E-state index in [1.165, 1.54) is 0 Å². The number of sulfonamides is 2. The summed E-state index contributed by atoms with van der Waals surface area (Å²) in [6.45, 7) is 0. The van der Waals surface area contributed by atoms with Gasteiger partial charge in [0.1, 0.15) is 6.07 Å². The van der Waals surface area contributed by atoms with Gasteiger partial charge in [0.15, 0.2) is 0 Å². The first-order chi connectivity index (χ1) is 16.3. The van der Waals surface area contributed by atoms with Crippen LogP contribution >= 0.6 is 0 Å². The normalized spacial score (nSPS) is 13.9. The van der Waals surface area contributed by atoms with Gasteiger partial charge in [-0.05, 0) is 30.3 Å². The average molecular weight is 594 g/mol. The predicted molar refractivity (Wildman–Crippen MR) is 95.1 cm³/mol. The van der Waals surface area contributed by atoms with Crippen molar-refractivity contribution in [3.05, 3.63) is 58.1 Å². The Morgan fingerprint density at radius 3 is 1.16 bits per heavy atom. The maximum atomic E-state index is 13.2. The van der Waals surface area contributed by atoms with E-state index < -0.39 is 113 Å². The largest absolute Gasteiger partial charge is 0.417 e. The van der Waals surface area contributed by atoms with Crippen molar-refractivity contribution in [2.24, 2.45) is 0 Å². The topological polar surface area (TPSA) is 104 Å². The van der Waals surface area contributed by atoms with E-state index in [4.69, 9.17) is 5.26 Å². The van der Waals surface area contributed by atoms with E-state index in [0.717, 1.165) is 0 Å². The highest BCUT2D eigenvalue weighted by molar-refractivity contribution is 8.04. The molecule has 204 valence electrons. The number of rotatable bonds is 4. The van der Waals surface area contributed by atoms with Crippen molar-refractivity contribution < 1.29 is 69.5 Å². The van der Waals surface area contributed by atoms with E-state index in [9.17, 15) is 69.5 Å². The van der Waals surface area contributed by atoms with Crippen LogP contribution in [0, 0.1) is 11.3 Å². The van der Waals surface area contributed by atoms with Crippen molar-refractivity contribution in [2.75, 3.05) is 0 Å². The van der Waals surface area contributed by atoms with Crippen LogP contribution in [-0.2, 0) is 44.8 Å². The van der Waals surface area contributed by atoms with Crippen LogP contribution in [0.15, 0.2) is 40.1 Å². The molecule has 0 atom stereocenters. The molecule has 0 heterocycles. The van der Waals surface area contributed by atoms with Crippen LogP contribution in [0.25, 0.3) is 0 Å².